The Bertz CT molecular complexity index is 711. The molecule has 0 saturated carbocycles. The normalized spacial score (nSPS) is 17.2. The number of rotatable bonds is 4. The molecule has 0 spiro atoms. The summed E-state index contributed by atoms with van der Waals surface area (Å²) in [5.74, 6) is 0.776. The Morgan fingerprint density at radius 1 is 1.12 bits per heavy atom. The van der Waals surface area contributed by atoms with Gasteiger partial charge < -0.3 is 19.3 Å². The SMILES string of the molecule is COc1ccc(C(=O)N2CCOC(c3ccc(N(C)C)cc3)C2)cc1. The first-order valence-corrected chi connectivity index (χ1v) is 8.40. The maximum atomic E-state index is 12.7. The second-order valence-corrected chi connectivity index (χ2v) is 6.33. The van der Waals surface area contributed by atoms with Crippen LogP contribution in [0.1, 0.15) is 22.0 Å². The lowest BCUT2D eigenvalue weighted by molar-refractivity contribution is -0.0228. The van der Waals surface area contributed by atoms with Crippen LogP contribution in [0.4, 0.5) is 5.69 Å². The minimum atomic E-state index is -0.0906. The average Bonchev–Trinajstić information content (AvgIpc) is 2.67. The highest BCUT2D eigenvalue weighted by molar-refractivity contribution is 5.94. The fraction of sp³-hybridized carbons (Fsp3) is 0.350. The molecule has 25 heavy (non-hydrogen) atoms. The Balaban J connectivity index is 1.70. The third kappa shape index (κ3) is 3.94. The van der Waals surface area contributed by atoms with Gasteiger partial charge in [-0.2, -0.15) is 0 Å². The summed E-state index contributed by atoms with van der Waals surface area (Å²) in [6.45, 7) is 1.71. The molecule has 5 heteroatoms. The topological polar surface area (TPSA) is 42.0 Å². The monoisotopic (exact) mass is 340 g/mol. The first-order valence-electron chi connectivity index (χ1n) is 8.40. The Hall–Kier alpha value is -2.53. The van der Waals surface area contributed by atoms with Crippen LogP contribution in [0.15, 0.2) is 48.5 Å². The predicted octanol–water partition coefficient (Wildman–Crippen LogP) is 2.97. The van der Waals surface area contributed by atoms with E-state index < -0.39 is 0 Å². The molecule has 0 radical (unpaired) electrons. The number of ether oxygens (including phenoxy) is 2. The third-order valence-electron chi connectivity index (χ3n) is 4.47. The molecule has 0 aromatic heterocycles. The summed E-state index contributed by atoms with van der Waals surface area (Å²) in [7, 11) is 5.65. The van der Waals surface area contributed by atoms with Crippen molar-refractivity contribution >= 4 is 11.6 Å². The van der Waals surface area contributed by atoms with E-state index >= 15 is 0 Å². The number of hydrogen-bond donors (Lipinski definition) is 0. The maximum Gasteiger partial charge on any atom is 0.254 e. The van der Waals surface area contributed by atoms with Crippen LogP contribution in [0.3, 0.4) is 0 Å². The van der Waals surface area contributed by atoms with Crippen molar-refractivity contribution in [1.29, 1.82) is 0 Å². The lowest BCUT2D eigenvalue weighted by atomic mass is 10.1. The molecule has 1 heterocycles. The van der Waals surface area contributed by atoms with Crippen molar-refractivity contribution in [1.82, 2.24) is 4.90 Å². The van der Waals surface area contributed by atoms with Crippen LogP contribution < -0.4 is 9.64 Å². The second-order valence-electron chi connectivity index (χ2n) is 6.33. The standard InChI is InChI=1S/C20H24N2O3/c1-21(2)17-8-4-15(5-9-17)19-14-22(12-13-25-19)20(23)16-6-10-18(24-3)11-7-16/h4-11,19H,12-14H2,1-3H3. The zero-order valence-corrected chi connectivity index (χ0v) is 14.9. The van der Waals surface area contributed by atoms with Gasteiger partial charge in [0.05, 0.1) is 20.3 Å². The first kappa shape index (κ1) is 17.3. The quantitative estimate of drug-likeness (QED) is 0.858. The van der Waals surface area contributed by atoms with Gasteiger partial charge in [0.15, 0.2) is 0 Å². The molecule has 0 bridgehead atoms. The average molecular weight is 340 g/mol. The molecule has 0 aliphatic carbocycles. The maximum absolute atomic E-state index is 12.7. The van der Waals surface area contributed by atoms with E-state index in [1.165, 1.54) is 0 Å². The van der Waals surface area contributed by atoms with E-state index in [0.29, 0.717) is 25.3 Å². The van der Waals surface area contributed by atoms with Crippen LogP contribution in [0, 0.1) is 0 Å². The summed E-state index contributed by atoms with van der Waals surface area (Å²) in [5.41, 5.74) is 2.91. The zero-order chi connectivity index (χ0) is 17.8. The van der Waals surface area contributed by atoms with Gasteiger partial charge in [-0.1, -0.05) is 12.1 Å². The van der Waals surface area contributed by atoms with Crippen molar-refractivity contribution in [3.8, 4) is 5.75 Å². The molecule has 3 rings (SSSR count). The van der Waals surface area contributed by atoms with Gasteiger partial charge in [0.2, 0.25) is 0 Å². The molecule has 1 aliphatic heterocycles. The number of carbonyl (C=O) groups is 1. The van der Waals surface area contributed by atoms with Gasteiger partial charge in [-0.15, -0.1) is 0 Å². The van der Waals surface area contributed by atoms with E-state index in [0.717, 1.165) is 17.0 Å². The van der Waals surface area contributed by atoms with Crippen molar-refractivity contribution in [2.75, 3.05) is 45.8 Å². The smallest absolute Gasteiger partial charge is 0.254 e. The molecule has 2 aromatic rings. The Morgan fingerprint density at radius 3 is 2.40 bits per heavy atom. The van der Waals surface area contributed by atoms with Crippen LogP contribution in [0.5, 0.6) is 5.75 Å². The van der Waals surface area contributed by atoms with Crippen molar-refractivity contribution in [2.45, 2.75) is 6.10 Å². The van der Waals surface area contributed by atoms with E-state index in [1.807, 2.05) is 31.1 Å². The van der Waals surface area contributed by atoms with Crippen molar-refractivity contribution in [3.63, 3.8) is 0 Å². The Kier molecular flexibility index (Phi) is 5.24. The van der Waals surface area contributed by atoms with Gasteiger partial charge in [-0.05, 0) is 42.0 Å². The number of hydrogen-bond acceptors (Lipinski definition) is 4. The van der Waals surface area contributed by atoms with Crippen molar-refractivity contribution in [2.24, 2.45) is 0 Å². The lowest BCUT2D eigenvalue weighted by Crippen LogP contribution is -2.42. The number of benzene rings is 2. The molecule has 1 unspecified atom stereocenters. The molecule has 1 amide bonds. The molecule has 5 nitrogen and oxygen atoms in total. The summed E-state index contributed by atoms with van der Waals surface area (Å²) in [5, 5.41) is 0. The summed E-state index contributed by atoms with van der Waals surface area (Å²) in [6.07, 6.45) is -0.0906. The molecule has 1 aliphatic rings. The largest absolute Gasteiger partial charge is 0.497 e. The minimum Gasteiger partial charge on any atom is -0.497 e. The predicted molar refractivity (Wildman–Crippen MR) is 98.4 cm³/mol. The molecule has 1 fully saturated rings. The van der Waals surface area contributed by atoms with Gasteiger partial charge in [0.25, 0.3) is 5.91 Å². The summed E-state index contributed by atoms with van der Waals surface area (Å²) in [4.78, 5) is 16.7. The zero-order valence-electron chi connectivity index (χ0n) is 14.9. The van der Waals surface area contributed by atoms with Gasteiger partial charge in [0, 0.05) is 31.9 Å². The number of carbonyl (C=O) groups excluding carboxylic acids is 1. The molecule has 0 N–H and O–H groups in total. The van der Waals surface area contributed by atoms with E-state index in [2.05, 4.69) is 29.2 Å². The van der Waals surface area contributed by atoms with Crippen molar-refractivity contribution in [3.05, 3.63) is 59.7 Å². The molecule has 1 saturated heterocycles. The van der Waals surface area contributed by atoms with E-state index in [9.17, 15) is 4.79 Å². The van der Waals surface area contributed by atoms with E-state index in [1.54, 1.807) is 19.2 Å². The summed E-state index contributed by atoms with van der Waals surface area (Å²) >= 11 is 0. The van der Waals surface area contributed by atoms with Crippen molar-refractivity contribution < 1.29 is 14.3 Å². The van der Waals surface area contributed by atoms with Gasteiger partial charge in [-0.25, -0.2) is 0 Å². The first-order chi connectivity index (χ1) is 12.1. The Labute approximate surface area is 148 Å². The summed E-state index contributed by atoms with van der Waals surface area (Å²) < 4.78 is 11.0. The van der Waals surface area contributed by atoms with Gasteiger partial charge in [-0.3, -0.25) is 4.79 Å². The third-order valence-corrected chi connectivity index (χ3v) is 4.47. The lowest BCUT2D eigenvalue weighted by Gasteiger charge is -2.33. The van der Waals surface area contributed by atoms with Gasteiger partial charge >= 0.3 is 0 Å². The fourth-order valence-corrected chi connectivity index (χ4v) is 2.94. The van der Waals surface area contributed by atoms with E-state index in [4.69, 9.17) is 9.47 Å². The molecule has 2 aromatic carbocycles. The molecular formula is C20H24N2O3. The minimum absolute atomic E-state index is 0.0286. The number of methoxy groups -OCH3 is 1. The van der Waals surface area contributed by atoms with Crippen LogP contribution in [-0.4, -0.2) is 51.7 Å². The summed E-state index contributed by atoms with van der Waals surface area (Å²) in [6, 6.07) is 15.5. The highest BCUT2D eigenvalue weighted by Crippen LogP contribution is 2.25. The number of anilines is 1. The van der Waals surface area contributed by atoms with Crippen LogP contribution in [0.2, 0.25) is 0 Å². The van der Waals surface area contributed by atoms with Gasteiger partial charge in [0.1, 0.15) is 11.9 Å². The highest BCUT2D eigenvalue weighted by Gasteiger charge is 2.26. The number of nitrogens with zero attached hydrogens (tertiary/aromatic N) is 2. The van der Waals surface area contributed by atoms with Crippen LogP contribution in [0.25, 0.3) is 0 Å². The number of morpholine rings is 1. The highest BCUT2D eigenvalue weighted by atomic mass is 16.5. The molecule has 132 valence electrons. The van der Waals surface area contributed by atoms with E-state index in [-0.39, 0.29) is 12.0 Å². The fourth-order valence-electron chi connectivity index (χ4n) is 2.94. The molecule has 1 atom stereocenters. The second kappa shape index (κ2) is 7.57. The number of amides is 1. The van der Waals surface area contributed by atoms with Crippen LogP contribution in [-0.2, 0) is 4.74 Å². The molecular weight excluding hydrogens is 316 g/mol. The van der Waals surface area contributed by atoms with Crippen LogP contribution >= 0.6 is 0 Å². The Morgan fingerprint density at radius 2 is 1.80 bits per heavy atom.